The highest BCUT2D eigenvalue weighted by atomic mass is 35.5. The number of rotatable bonds is 9. The van der Waals surface area contributed by atoms with Crippen molar-refractivity contribution in [3.05, 3.63) is 58.6 Å². The summed E-state index contributed by atoms with van der Waals surface area (Å²) in [6.07, 6.45) is 0.934. The van der Waals surface area contributed by atoms with E-state index in [-0.39, 0.29) is 18.2 Å². The lowest BCUT2D eigenvalue weighted by molar-refractivity contribution is 0.0579. The predicted molar refractivity (Wildman–Crippen MR) is 121 cm³/mol. The Balaban J connectivity index is 1.75. The molecule has 5 nitrogen and oxygen atoms in total. The Morgan fingerprint density at radius 1 is 1.13 bits per heavy atom. The Kier molecular flexibility index (Phi) is 7.64. The number of aliphatic hydroxyl groups is 1. The van der Waals surface area contributed by atoms with Crippen molar-refractivity contribution in [2.24, 2.45) is 5.92 Å². The molecule has 0 saturated carbocycles. The van der Waals surface area contributed by atoms with E-state index in [0.29, 0.717) is 5.92 Å². The smallest absolute Gasteiger partial charge is 0.161 e. The fraction of sp³-hybridized carbons (Fsp3) is 0.500. The van der Waals surface area contributed by atoms with E-state index < -0.39 is 0 Å². The molecule has 164 valence electrons. The Morgan fingerprint density at radius 2 is 1.83 bits per heavy atom. The van der Waals surface area contributed by atoms with Crippen LogP contribution in [-0.4, -0.2) is 49.5 Å². The molecule has 0 unspecified atom stereocenters. The molecule has 2 aromatic carbocycles. The average molecular weight is 433 g/mol. The number of benzene rings is 2. The predicted octanol–water partition coefficient (Wildman–Crippen LogP) is 4.28. The van der Waals surface area contributed by atoms with Gasteiger partial charge in [-0.2, -0.15) is 0 Å². The number of halogens is 1. The summed E-state index contributed by atoms with van der Waals surface area (Å²) in [5.74, 6) is 1.85. The quantitative estimate of drug-likeness (QED) is 0.619. The van der Waals surface area contributed by atoms with Gasteiger partial charge in [-0.25, -0.2) is 0 Å². The first-order valence-electron chi connectivity index (χ1n) is 10.5. The summed E-state index contributed by atoms with van der Waals surface area (Å²) >= 11 is 6.12. The van der Waals surface area contributed by atoms with E-state index in [2.05, 4.69) is 42.3 Å². The maximum Gasteiger partial charge on any atom is 0.161 e. The van der Waals surface area contributed by atoms with Crippen LogP contribution in [0.1, 0.15) is 37.4 Å². The van der Waals surface area contributed by atoms with Gasteiger partial charge in [0.2, 0.25) is 0 Å². The van der Waals surface area contributed by atoms with E-state index in [4.69, 9.17) is 21.1 Å². The first-order chi connectivity index (χ1) is 14.5. The zero-order valence-electron chi connectivity index (χ0n) is 18.3. The zero-order valence-corrected chi connectivity index (χ0v) is 19.1. The fourth-order valence-corrected chi connectivity index (χ4v) is 4.93. The second kappa shape index (κ2) is 10.0. The summed E-state index contributed by atoms with van der Waals surface area (Å²) in [6.45, 7) is 6.96. The van der Waals surface area contributed by atoms with Gasteiger partial charge < -0.3 is 19.9 Å². The monoisotopic (exact) mass is 432 g/mol. The van der Waals surface area contributed by atoms with E-state index in [1.165, 1.54) is 5.56 Å². The van der Waals surface area contributed by atoms with E-state index in [9.17, 15) is 5.11 Å². The number of aliphatic hydroxyl groups excluding tert-OH is 1. The van der Waals surface area contributed by atoms with Crippen LogP contribution >= 0.6 is 11.6 Å². The molecule has 0 aliphatic carbocycles. The summed E-state index contributed by atoms with van der Waals surface area (Å²) in [5, 5.41) is 14.5. The summed E-state index contributed by atoms with van der Waals surface area (Å²) in [4.78, 5) is 2.43. The molecule has 2 aromatic rings. The summed E-state index contributed by atoms with van der Waals surface area (Å²) in [7, 11) is 3.30. The third kappa shape index (κ3) is 4.75. The van der Waals surface area contributed by atoms with Gasteiger partial charge in [-0.1, -0.05) is 36.7 Å². The molecule has 1 aliphatic rings. The van der Waals surface area contributed by atoms with Gasteiger partial charge in [-0.05, 0) is 61.2 Å². The second-order valence-corrected chi connectivity index (χ2v) is 8.66. The molecule has 1 fully saturated rings. The van der Waals surface area contributed by atoms with E-state index in [1.807, 2.05) is 24.3 Å². The van der Waals surface area contributed by atoms with Crippen LogP contribution in [0, 0.1) is 5.92 Å². The zero-order chi connectivity index (χ0) is 21.7. The van der Waals surface area contributed by atoms with Crippen LogP contribution in [0.3, 0.4) is 0 Å². The van der Waals surface area contributed by atoms with Gasteiger partial charge in [0, 0.05) is 29.7 Å². The molecule has 0 aromatic heterocycles. The van der Waals surface area contributed by atoms with Crippen LogP contribution in [0.5, 0.6) is 11.5 Å². The van der Waals surface area contributed by atoms with Crippen molar-refractivity contribution >= 4 is 11.6 Å². The normalized spacial score (nSPS) is 24.2. The van der Waals surface area contributed by atoms with Crippen LogP contribution in [0.2, 0.25) is 5.02 Å². The molecular weight excluding hydrogens is 400 g/mol. The molecule has 0 spiro atoms. The van der Waals surface area contributed by atoms with Crippen molar-refractivity contribution in [2.45, 2.75) is 38.4 Å². The molecule has 3 rings (SSSR count). The number of nitrogens with one attached hydrogen (secondary N) is 1. The van der Waals surface area contributed by atoms with E-state index >= 15 is 0 Å². The number of nitrogens with zero attached hydrogens (tertiary/aromatic N) is 1. The maximum atomic E-state index is 10.2. The molecule has 1 aliphatic heterocycles. The van der Waals surface area contributed by atoms with Gasteiger partial charge in [0.25, 0.3) is 0 Å². The van der Waals surface area contributed by atoms with Gasteiger partial charge in [-0.3, -0.25) is 4.90 Å². The third-order valence-corrected chi connectivity index (χ3v) is 6.51. The van der Waals surface area contributed by atoms with Crippen molar-refractivity contribution in [1.82, 2.24) is 10.2 Å². The van der Waals surface area contributed by atoms with Crippen molar-refractivity contribution < 1.29 is 14.6 Å². The lowest BCUT2D eigenvalue weighted by atomic mass is 9.90. The minimum Gasteiger partial charge on any atom is -0.493 e. The second-order valence-electron chi connectivity index (χ2n) is 8.22. The van der Waals surface area contributed by atoms with Crippen LogP contribution < -0.4 is 14.8 Å². The molecule has 0 bridgehead atoms. The first kappa shape index (κ1) is 22.9. The minimum absolute atomic E-state index is 0.150. The molecular formula is C24H33ClN2O3. The largest absolute Gasteiger partial charge is 0.493 e. The SMILES string of the molecule is CCN1[C@H](c2ccc(Cl)cc2)[C@H](CNCc2ccc(OC)c(OC)c2)C[C@]1(C)CO. The van der Waals surface area contributed by atoms with Crippen LogP contribution in [-0.2, 0) is 6.54 Å². The summed E-state index contributed by atoms with van der Waals surface area (Å²) in [5.41, 5.74) is 2.16. The van der Waals surface area contributed by atoms with Crippen LogP contribution in [0.15, 0.2) is 42.5 Å². The summed E-state index contributed by atoms with van der Waals surface area (Å²) in [6, 6.07) is 14.4. The van der Waals surface area contributed by atoms with Gasteiger partial charge >= 0.3 is 0 Å². The number of hydrogen-bond acceptors (Lipinski definition) is 5. The third-order valence-electron chi connectivity index (χ3n) is 6.25. The highest BCUT2D eigenvalue weighted by Gasteiger charge is 2.47. The molecule has 1 heterocycles. The Hall–Kier alpha value is -1.79. The molecule has 0 radical (unpaired) electrons. The molecule has 6 heteroatoms. The van der Waals surface area contributed by atoms with Crippen LogP contribution in [0.25, 0.3) is 0 Å². The maximum absolute atomic E-state index is 10.2. The molecule has 30 heavy (non-hydrogen) atoms. The van der Waals surface area contributed by atoms with Gasteiger partial charge in [0.1, 0.15) is 0 Å². The van der Waals surface area contributed by atoms with Gasteiger partial charge in [-0.15, -0.1) is 0 Å². The van der Waals surface area contributed by atoms with E-state index in [1.54, 1.807) is 14.2 Å². The van der Waals surface area contributed by atoms with Crippen molar-refractivity contribution in [3.63, 3.8) is 0 Å². The van der Waals surface area contributed by atoms with Crippen molar-refractivity contribution in [2.75, 3.05) is 33.9 Å². The summed E-state index contributed by atoms with van der Waals surface area (Å²) < 4.78 is 10.7. The van der Waals surface area contributed by atoms with Gasteiger partial charge in [0.05, 0.1) is 20.8 Å². The molecule has 1 saturated heterocycles. The minimum atomic E-state index is -0.227. The van der Waals surface area contributed by atoms with E-state index in [0.717, 1.165) is 48.1 Å². The standard InChI is InChI=1S/C24H33ClN2O3/c1-5-27-23(18-7-9-20(25)10-8-18)19(13-24(27,2)16-28)15-26-14-17-6-11-21(29-3)22(12-17)30-4/h6-12,19,23,26,28H,5,13-16H2,1-4H3/t19-,23+,24+/m0/s1. The van der Waals surface area contributed by atoms with Crippen molar-refractivity contribution in [1.29, 1.82) is 0 Å². The highest BCUT2D eigenvalue weighted by molar-refractivity contribution is 6.30. The van der Waals surface area contributed by atoms with Crippen molar-refractivity contribution in [3.8, 4) is 11.5 Å². The van der Waals surface area contributed by atoms with Crippen LogP contribution in [0.4, 0.5) is 0 Å². The number of likely N-dealkylation sites (tertiary alicyclic amines) is 1. The Bertz CT molecular complexity index is 830. The highest BCUT2D eigenvalue weighted by Crippen LogP contribution is 2.46. The number of likely N-dealkylation sites (N-methyl/N-ethyl adjacent to an activating group) is 1. The average Bonchev–Trinajstić information content (AvgIpc) is 3.06. The Labute approximate surface area is 184 Å². The molecule has 3 atom stereocenters. The number of methoxy groups -OCH3 is 2. The topological polar surface area (TPSA) is 54.0 Å². The number of hydrogen-bond donors (Lipinski definition) is 2. The van der Waals surface area contributed by atoms with Gasteiger partial charge in [0.15, 0.2) is 11.5 Å². The molecule has 0 amide bonds. The lowest BCUT2D eigenvalue weighted by Crippen LogP contribution is -2.45. The fourth-order valence-electron chi connectivity index (χ4n) is 4.81. The molecule has 2 N–H and O–H groups in total. The first-order valence-corrected chi connectivity index (χ1v) is 10.9. The number of ether oxygens (including phenoxy) is 2. The Morgan fingerprint density at radius 3 is 2.43 bits per heavy atom. The lowest BCUT2D eigenvalue weighted by Gasteiger charge is -2.37.